The first-order chi connectivity index (χ1) is 12.5. The molecule has 2 aromatic carbocycles. The SMILES string of the molecule is COc1cc2ncnc(Nc3ccc(C(C)NC(C)=O)cc3)c2cc1O. The van der Waals surface area contributed by atoms with Crippen molar-refractivity contribution in [3.8, 4) is 11.5 Å². The molecule has 1 heterocycles. The van der Waals surface area contributed by atoms with E-state index in [1.54, 1.807) is 12.1 Å². The van der Waals surface area contributed by atoms with Gasteiger partial charge >= 0.3 is 0 Å². The molecule has 0 saturated heterocycles. The largest absolute Gasteiger partial charge is 0.504 e. The minimum atomic E-state index is -0.0672. The fourth-order valence-corrected chi connectivity index (χ4v) is 2.72. The number of rotatable bonds is 5. The van der Waals surface area contributed by atoms with Gasteiger partial charge in [-0.05, 0) is 30.7 Å². The molecule has 3 N–H and O–H groups in total. The topological polar surface area (TPSA) is 96.4 Å². The van der Waals surface area contributed by atoms with Gasteiger partial charge in [0.15, 0.2) is 11.5 Å². The number of phenolic OH excluding ortho intramolecular Hbond substituents is 1. The maximum absolute atomic E-state index is 11.2. The van der Waals surface area contributed by atoms with Crippen LogP contribution in [-0.2, 0) is 4.79 Å². The predicted octanol–water partition coefficient (Wildman–Crippen LogP) is 3.28. The monoisotopic (exact) mass is 352 g/mol. The third-order valence-electron chi connectivity index (χ3n) is 4.03. The number of methoxy groups -OCH3 is 1. The minimum absolute atomic E-state index is 0.0253. The van der Waals surface area contributed by atoms with Crippen LogP contribution in [0.4, 0.5) is 11.5 Å². The van der Waals surface area contributed by atoms with Gasteiger partial charge in [-0.3, -0.25) is 4.79 Å². The third-order valence-corrected chi connectivity index (χ3v) is 4.03. The number of nitrogens with zero attached hydrogens (tertiary/aromatic N) is 2. The highest BCUT2D eigenvalue weighted by molar-refractivity contribution is 5.92. The molecule has 26 heavy (non-hydrogen) atoms. The standard InChI is InChI=1S/C19H20N4O3/c1-11(22-12(2)24)13-4-6-14(7-5-13)23-19-15-8-17(25)18(26-3)9-16(15)20-10-21-19/h4-11,25H,1-3H3,(H,22,24)(H,20,21,23). The van der Waals surface area contributed by atoms with Gasteiger partial charge in [-0.1, -0.05) is 12.1 Å². The molecule has 0 aliphatic carbocycles. The van der Waals surface area contributed by atoms with Crippen LogP contribution >= 0.6 is 0 Å². The number of benzene rings is 2. The molecule has 0 spiro atoms. The van der Waals surface area contributed by atoms with Crippen molar-refractivity contribution >= 4 is 28.3 Å². The molecular formula is C19H20N4O3. The number of fused-ring (bicyclic) bond motifs is 1. The molecule has 0 radical (unpaired) electrons. The van der Waals surface area contributed by atoms with Crippen LogP contribution in [0.5, 0.6) is 11.5 Å². The smallest absolute Gasteiger partial charge is 0.217 e. The summed E-state index contributed by atoms with van der Waals surface area (Å²) in [5, 5.41) is 16.8. The second-order valence-corrected chi connectivity index (χ2v) is 5.93. The van der Waals surface area contributed by atoms with Crippen molar-refractivity contribution in [2.45, 2.75) is 19.9 Å². The van der Waals surface area contributed by atoms with Gasteiger partial charge < -0.3 is 20.5 Å². The quantitative estimate of drug-likeness (QED) is 0.652. The Hall–Kier alpha value is -3.35. The summed E-state index contributed by atoms with van der Waals surface area (Å²) in [6.45, 7) is 3.43. The number of aromatic hydroxyl groups is 1. The molecule has 3 aromatic rings. The van der Waals surface area contributed by atoms with Gasteiger partial charge in [0.2, 0.25) is 5.91 Å². The maximum atomic E-state index is 11.2. The molecule has 7 heteroatoms. The highest BCUT2D eigenvalue weighted by atomic mass is 16.5. The van der Waals surface area contributed by atoms with Crippen molar-refractivity contribution in [1.82, 2.24) is 15.3 Å². The normalized spacial score (nSPS) is 11.8. The molecule has 3 rings (SSSR count). The molecule has 1 atom stereocenters. The molecule has 0 aliphatic rings. The van der Waals surface area contributed by atoms with E-state index in [1.807, 2.05) is 31.2 Å². The zero-order chi connectivity index (χ0) is 18.7. The zero-order valence-corrected chi connectivity index (χ0v) is 14.8. The number of aromatic nitrogens is 2. The molecule has 0 aliphatic heterocycles. The molecule has 7 nitrogen and oxygen atoms in total. The lowest BCUT2D eigenvalue weighted by Gasteiger charge is -2.14. The summed E-state index contributed by atoms with van der Waals surface area (Å²) in [7, 11) is 1.49. The Morgan fingerprint density at radius 2 is 1.92 bits per heavy atom. The van der Waals surface area contributed by atoms with Gasteiger partial charge in [-0.15, -0.1) is 0 Å². The van der Waals surface area contributed by atoms with Crippen LogP contribution < -0.4 is 15.4 Å². The van der Waals surface area contributed by atoms with E-state index in [9.17, 15) is 9.90 Å². The van der Waals surface area contributed by atoms with Crippen LogP contribution in [0.3, 0.4) is 0 Å². The fourth-order valence-electron chi connectivity index (χ4n) is 2.72. The zero-order valence-electron chi connectivity index (χ0n) is 14.8. The van der Waals surface area contributed by atoms with Crippen molar-refractivity contribution in [1.29, 1.82) is 0 Å². The summed E-state index contributed by atoms with van der Waals surface area (Å²) < 4.78 is 5.11. The van der Waals surface area contributed by atoms with Crippen molar-refractivity contribution in [2.24, 2.45) is 0 Å². The molecule has 134 valence electrons. The Morgan fingerprint density at radius 3 is 2.58 bits per heavy atom. The number of ether oxygens (including phenoxy) is 1. The Labute approximate surface area is 151 Å². The predicted molar refractivity (Wildman–Crippen MR) is 99.7 cm³/mol. The lowest BCUT2D eigenvalue weighted by atomic mass is 10.1. The van der Waals surface area contributed by atoms with E-state index < -0.39 is 0 Å². The fraction of sp³-hybridized carbons (Fsp3) is 0.211. The summed E-state index contributed by atoms with van der Waals surface area (Å²) in [6.07, 6.45) is 1.45. The Kier molecular flexibility index (Phi) is 4.88. The summed E-state index contributed by atoms with van der Waals surface area (Å²) in [5.41, 5.74) is 2.49. The number of phenols is 1. The van der Waals surface area contributed by atoms with Crippen LogP contribution in [0.25, 0.3) is 10.9 Å². The van der Waals surface area contributed by atoms with Crippen LogP contribution in [-0.4, -0.2) is 28.1 Å². The molecule has 1 aromatic heterocycles. The number of carbonyl (C=O) groups excluding carboxylic acids is 1. The van der Waals surface area contributed by atoms with Gasteiger partial charge in [0.05, 0.1) is 18.7 Å². The van der Waals surface area contributed by atoms with Gasteiger partial charge in [-0.2, -0.15) is 0 Å². The second-order valence-electron chi connectivity index (χ2n) is 5.93. The molecule has 1 amide bonds. The Morgan fingerprint density at radius 1 is 1.19 bits per heavy atom. The number of hydrogen-bond donors (Lipinski definition) is 3. The first-order valence-corrected chi connectivity index (χ1v) is 8.13. The minimum Gasteiger partial charge on any atom is -0.504 e. The summed E-state index contributed by atoms with van der Waals surface area (Å²) in [5.74, 6) is 0.897. The van der Waals surface area contributed by atoms with Gasteiger partial charge in [0.25, 0.3) is 0 Å². The number of nitrogens with one attached hydrogen (secondary N) is 2. The lowest BCUT2D eigenvalue weighted by Crippen LogP contribution is -2.23. The Bertz CT molecular complexity index is 941. The van der Waals surface area contributed by atoms with E-state index in [4.69, 9.17) is 4.74 Å². The van der Waals surface area contributed by atoms with E-state index in [0.717, 1.165) is 11.3 Å². The molecule has 0 saturated carbocycles. The van der Waals surface area contributed by atoms with Gasteiger partial charge in [0, 0.05) is 24.1 Å². The molecule has 0 fully saturated rings. The summed E-state index contributed by atoms with van der Waals surface area (Å²) in [6, 6.07) is 10.9. The first-order valence-electron chi connectivity index (χ1n) is 8.13. The Balaban J connectivity index is 1.87. The van der Waals surface area contributed by atoms with E-state index in [0.29, 0.717) is 22.5 Å². The van der Waals surface area contributed by atoms with E-state index in [-0.39, 0.29) is 17.7 Å². The van der Waals surface area contributed by atoms with Crippen molar-refractivity contribution in [2.75, 3.05) is 12.4 Å². The first kappa shape index (κ1) is 17.5. The van der Waals surface area contributed by atoms with Crippen molar-refractivity contribution in [3.05, 3.63) is 48.3 Å². The van der Waals surface area contributed by atoms with Crippen LogP contribution in [0, 0.1) is 0 Å². The molecule has 0 bridgehead atoms. The molecule has 1 unspecified atom stereocenters. The summed E-state index contributed by atoms with van der Waals surface area (Å²) >= 11 is 0. The van der Waals surface area contributed by atoms with Gasteiger partial charge in [0.1, 0.15) is 12.1 Å². The second kappa shape index (κ2) is 7.26. The highest BCUT2D eigenvalue weighted by Crippen LogP contribution is 2.33. The van der Waals surface area contributed by atoms with Crippen LogP contribution in [0.15, 0.2) is 42.7 Å². The highest BCUT2D eigenvalue weighted by Gasteiger charge is 2.11. The average molecular weight is 352 g/mol. The van der Waals surface area contributed by atoms with Crippen molar-refractivity contribution < 1.29 is 14.6 Å². The van der Waals surface area contributed by atoms with E-state index in [1.165, 1.54) is 20.4 Å². The number of hydrogen-bond acceptors (Lipinski definition) is 6. The third kappa shape index (κ3) is 3.66. The van der Waals surface area contributed by atoms with Crippen molar-refractivity contribution in [3.63, 3.8) is 0 Å². The average Bonchev–Trinajstić information content (AvgIpc) is 2.62. The number of amides is 1. The number of carbonyl (C=O) groups is 1. The molecular weight excluding hydrogens is 332 g/mol. The van der Waals surface area contributed by atoms with E-state index in [2.05, 4.69) is 20.6 Å². The maximum Gasteiger partial charge on any atom is 0.217 e. The van der Waals surface area contributed by atoms with Crippen LogP contribution in [0.1, 0.15) is 25.5 Å². The van der Waals surface area contributed by atoms with E-state index >= 15 is 0 Å². The number of anilines is 2. The van der Waals surface area contributed by atoms with Gasteiger partial charge in [-0.25, -0.2) is 9.97 Å². The lowest BCUT2D eigenvalue weighted by molar-refractivity contribution is -0.119. The summed E-state index contributed by atoms with van der Waals surface area (Å²) in [4.78, 5) is 19.6. The van der Waals surface area contributed by atoms with Crippen LogP contribution in [0.2, 0.25) is 0 Å².